The van der Waals surface area contributed by atoms with Crippen LogP contribution in [-0.4, -0.2) is 22.3 Å². The third kappa shape index (κ3) is 5.46. The second-order valence-corrected chi connectivity index (χ2v) is 7.97. The summed E-state index contributed by atoms with van der Waals surface area (Å²) in [5.41, 5.74) is 5.46. The molecule has 3 aromatic carbocycles. The van der Waals surface area contributed by atoms with Crippen molar-refractivity contribution in [3.63, 3.8) is 0 Å². The summed E-state index contributed by atoms with van der Waals surface area (Å²) < 4.78 is 13.2. The van der Waals surface area contributed by atoms with Crippen LogP contribution in [-0.2, 0) is 13.2 Å². The number of ether oxygens (including phenoxy) is 2. The number of carbonyl (C=O) groups is 1. The Morgan fingerprint density at radius 3 is 2.32 bits per heavy atom. The van der Waals surface area contributed by atoms with Gasteiger partial charge in [-0.3, -0.25) is 4.79 Å². The lowest BCUT2D eigenvalue weighted by Gasteiger charge is -2.10. The van der Waals surface area contributed by atoms with Gasteiger partial charge in [0.2, 0.25) is 0 Å². The predicted octanol–water partition coefficient (Wildman–Crippen LogP) is 5.40. The summed E-state index contributed by atoms with van der Waals surface area (Å²) in [6, 6.07) is 25.0. The number of amides is 1. The standard InChI is InChI=1S/C28H29N3O3/c1-4-33-25-13-15-26(16-14-25)34-19-22-9-8-10-23(17-22)28(32)29-18-27-20(2)30-31(21(27)3)24-11-6-5-7-12-24/h5-17H,4,18-19H2,1-3H3,(H,29,32). The maximum Gasteiger partial charge on any atom is 0.251 e. The zero-order valence-electron chi connectivity index (χ0n) is 19.7. The van der Waals surface area contributed by atoms with Crippen molar-refractivity contribution in [3.8, 4) is 17.2 Å². The lowest BCUT2D eigenvalue weighted by molar-refractivity contribution is 0.0950. The van der Waals surface area contributed by atoms with E-state index in [0.717, 1.165) is 39.7 Å². The van der Waals surface area contributed by atoms with Crippen LogP contribution in [0.4, 0.5) is 0 Å². The number of benzene rings is 3. The fraction of sp³-hybridized carbons (Fsp3) is 0.214. The normalized spacial score (nSPS) is 10.7. The molecule has 0 unspecified atom stereocenters. The molecule has 34 heavy (non-hydrogen) atoms. The van der Waals surface area contributed by atoms with Crippen LogP contribution in [0, 0.1) is 13.8 Å². The fourth-order valence-electron chi connectivity index (χ4n) is 3.79. The average Bonchev–Trinajstić information content (AvgIpc) is 3.16. The van der Waals surface area contributed by atoms with Gasteiger partial charge in [0.05, 0.1) is 18.0 Å². The number of aryl methyl sites for hydroxylation is 1. The molecule has 1 N–H and O–H groups in total. The number of nitrogens with one attached hydrogen (secondary N) is 1. The largest absolute Gasteiger partial charge is 0.494 e. The van der Waals surface area contributed by atoms with Gasteiger partial charge >= 0.3 is 0 Å². The zero-order valence-corrected chi connectivity index (χ0v) is 19.7. The van der Waals surface area contributed by atoms with Crippen molar-refractivity contribution in [1.29, 1.82) is 0 Å². The summed E-state index contributed by atoms with van der Waals surface area (Å²) in [6.07, 6.45) is 0. The van der Waals surface area contributed by atoms with Crippen LogP contribution in [0.1, 0.15) is 39.8 Å². The molecule has 0 aliphatic heterocycles. The highest BCUT2D eigenvalue weighted by Crippen LogP contribution is 2.20. The first-order chi connectivity index (χ1) is 16.5. The molecule has 1 amide bonds. The molecule has 0 aliphatic carbocycles. The van der Waals surface area contributed by atoms with Crippen molar-refractivity contribution in [2.75, 3.05) is 6.61 Å². The minimum absolute atomic E-state index is 0.130. The Kier molecular flexibility index (Phi) is 7.28. The van der Waals surface area contributed by atoms with Gasteiger partial charge in [0.15, 0.2) is 0 Å². The second kappa shape index (κ2) is 10.7. The van der Waals surface area contributed by atoms with E-state index < -0.39 is 0 Å². The van der Waals surface area contributed by atoms with Crippen LogP contribution in [0.3, 0.4) is 0 Å². The molecule has 6 nitrogen and oxygen atoms in total. The lowest BCUT2D eigenvalue weighted by atomic mass is 10.1. The number of nitrogens with zero attached hydrogens (tertiary/aromatic N) is 2. The molecule has 0 fully saturated rings. The van der Waals surface area contributed by atoms with Crippen molar-refractivity contribution >= 4 is 5.91 Å². The molecule has 0 spiro atoms. The van der Waals surface area contributed by atoms with Gasteiger partial charge < -0.3 is 14.8 Å². The Labute approximate surface area is 200 Å². The molecular formula is C28H29N3O3. The third-order valence-electron chi connectivity index (χ3n) is 5.60. The van der Waals surface area contributed by atoms with Crippen molar-refractivity contribution in [2.24, 2.45) is 0 Å². The van der Waals surface area contributed by atoms with Crippen LogP contribution < -0.4 is 14.8 Å². The zero-order chi connectivity index (χ0) is 23.9. The van der Waals surface area contributed by atoms with Gasteiger partial charge in [-0.25, -0.2) is 4.68 Å². The first-order valence-corrected chi connectivity index (χ1v) is 11.4. The Balaban J connectivity index is 1.38. The van der Waals surface area contributed by atoms with Gasteiger partial charge in [-0.15, -0.1) is 0 Å². The smallest absolute Gasteiger partial charge is 0.251 e. The minimum atomic E-state index is -0.130. The summed E-state index contributed by atoms with van der Waals surface area (Å²) in [6.45, 7) is 7.35. The van der Waals surface area contributed by atoms with E-state index in [4.69, 9.17) is 9.47 Å². The highest BCUT2D eigenvalue weighted by Gasteiger charge is 2.14. The Bertz CT molecular complexity index is 1250. The number of hydrogen-bond donors (Lipinski definition) is 1. The molecule has 4 aromatic rings. The van der Waals surface area contributed by atoms with E-state index in [2.05, 4.69) is 10.4 Å². The molecule has 0 saturated carbocycles. The van der Waals surface area contributed by atoms with Crippen molar-refractivity contribution < 1.29 is 14.3 Å². The Hall–Kier alpha value is -4.06. The summed E-state index contributed by atoms with van der Waals surface area (Å²) >= 11 is 0. The van der Waals surface area contributed by atoms with Crippen LogP contribution >= 0.6 is 0 Å². The molecule has 174 valence electrons. The second-order valence-electron chi connectivity index (χ2n) is 7.97. The maximum atomic E-state index is 12.8. The van der Waals surface area contributed by atoms with E-state index in [1.165, 1.54) is 0 Å². The third-order valence-corrected chi connectivity index (χ3v) is 5.60. The van der Waals surface area contributed by atoms with Gasteiger partial charge in [0, 0.05) is 23.4 Å². The van der Waals surface area contributed by atoms with Crippen LogP contribution in [0.2, 0.25) is 0 Å². The van der Waals surface area contributed by atoms with E-state index in [0.29, 0.717) is 25.3 Å². The van der Waals surface area contributed by atoms with Crippen molar-refractivity contribution in [2.45, 2.75) is 33.9 Å². The van der Waals surface area contributed by atoms with E-state index in [1.54, 1.807) is 0 Å². The predicted molar refractivity (Wildman–Crippen MR) is 133 cm³/mol. The number of carbonyl (C=O) groups excluding carboxylic acids is 1. The molecule has 6 heteroatoms. The highest BCUT2D eigenvalue weighted by molar-refractivity contribution is 5.94. The Morgan fingerprint density at radius 2 is 1.62 bits per heavy atom. The summed E-state index contributed by atoms with van der Waals surface area (Å²) in [7, 11) is 0. The number of para-hydroxylation sites is 1. The van der Waals surface area contributed by atoms with Crippen LogP contribution in [0.5, 0.6) is 11.5 Å². The number of hydrogen-bond acceptors (Lipinski definition) is 4. The summed E-state index contributed by atoms with van der Waals surface area (Å²) in [4.78, 5) is 12.8. The van der Waals surface area contributed by atoms with E-state index in [-0.39, 0.29) is 5.91 Å². The molecular weight excluding hydrogens is 426 g/mol. The molecule has 0 aliphatic rings. The SMILES string of the molecule is CCOc1ccc(OCc2cccc(C(=O)NCc3c(C)nn(-c4ccccc4)c3C)c2)cc1. The molecule has 1 heterocycles. The van der Waals surface area contributed by atoms with Crippen molar-refractivity contribution in [1.82, 2.24) is 15.1 Å². The van der Waals surface area contributed by atoms with E-state index >= 15 is 0 Å². The number of rotatable bonds is 9. The topological polar surface area (TPSA) is 65.4 Å². The maximum absolute atomic E-state index is 12.8. The fourth-order valence-corrected chi connectivity index (χ4v) is 3.79. The van der Waals surface area contributed by atoms with Crippen molar-refractivity contribution in [3.05, 3.63) is 107 Å². The molecule has 1 aromatic heterocycles. The van der Waals surface area contributed by atoms with Crippen LogP contribution in [0.15, 0.2) is 78.9 Å². The number of aromatic nitrogens is 2. The van der Waals surface area contributed by atoms with Gasteiger partial charge in [-0.05, 0) is 74.9 Å². The molecule has 0 radical (unpaired) electrons. The first kappa shape index (κ1) is 23.1. The molecule has 4 rings (SSSR count). The van der Waals surface area contributed by atoms with E-state index in [9.17, 15) is 4.79 Å². The highest BCUT2D eigenvalue weighted by atomic mass is 16.5. The molecule has 0 atom stereocenters. The lowest BCUT2D eigenvalue weighted by Crippen LogP contribution is -2.23. The average molecular weight is 456 g/mol. The quantitative estimate of drug-likeness (QED) is 0.367. The molecule has 0 bridgehead atoms. The summed E-state index contributed by atoms with van der Waals surface area (Å²) in [5, 5.41) is 7.69. The monoisotopic (exact) mass is 455 g/mol. The summed E-state index contributed by atoms with van der Waals surface area (Å²) in [5.74, 6) is 1.43. The van der Waals surface area contributed by atoms with Gasteiger partial charge in [0.1, 0.15) is 18.1 Å². The van der Waals surface area contributed by atoms with Gasteiger partial charge in [0.25, 0.3) is 5.91 Å². The molecule has 0 saturated heterocycles. The van der Waals surface area contributed by atoms with E-state index in [1.807, 2.05) is 104 Å². The van der Waals surface area contributed by atoms with Gasteiger partial charge in [-0.1, -0.05) is 30.3 Å². The minimum Gasteiger partial charge on any atom is -0.494 e. The van der Waals surface area contributed by atoms with Gasteiger partial charge in [-0.2, -0.15) is 5.10 Å². The van der Waals surface area contributed by atoms with Crippen LogP contribution in [0.25, 0.3) is 5.69 Å². The Morgan fingerprint density at radius 1 is 0.912 bits per heavy atom. The first-order valence-electron chi connectivity index (χ1n) is 11.4.